The zero-order chi connectivity index (χ0) is 15.6. The predicted molar refractivity (Wildman–Crippen MR) is 91.2 cm³/mol. The maximum atomic E-state index is 6.17. The Balaban J connectivity index is 1.45. The number of rotatable bonds is 3. The first kappa shape index (κ1) is 14.3. The van der Waals surface area contributed by atoms with Gasteiger partial charge in [-0.1, -0.05) is 23.7 Å². The lowest BCUT2D eigenvalue weighted by molar-refractivity contribution is 0.171. The van der Waals surface area contributed by atoms with Gasteiger partial charge in [-0.05, 0) is 18.2 Å². The number of hydrogen-bond donors (Lipinski definition) is 1. The molecule has 0 aliphatic carbocycles. The molecule has 4 rings (SSSR count). The fourth-order valence-electron chi connectivity index (χ4n) is 3.02. The highest BCUT2D eigenvalue weighted by Crippen LogP contribution is 2.29. The molecule has 0 atom stereocenters. The van der Waals surface area contributed by atoms with Crippen molar-refractivity contribution >= 4 is 28.5 Å². The van der Waals surface area contributed by atoms with E-state index in [1.165, 1.54) is 0 Å². The quantitative estimate of drug-likeness (QED) is 0.797. The largest absolute Gasteiger partial charge is 0.489 e. The molecular weight excluding hydrogens is 312 g/mol. The molecule has 2 aromatic heterocycles. The molecule has 6 heteroatoms. The maximum absolute atomic E-state index is 6.17. The minimum atomic E-state index is 0.190. The first-order valence-electron chi connectivity index (χ1n) is 7.75. The van der Waals surface area contributed by atoms with Crippen molar-refractivity contribution in [2.45, 2.75) is 18.9 Å². The summed E-state index contributed by atoms with van der Waals surface area (Å²) in [5, 5.41) is 1.73. The van der Waals surface area contributed by atoms with Crippen molar-refractivity contribution in [2.75, 3.05) is 18.0 Å². The molecule has 1 aliphatic rings. The fourth-order valence-corrected chi connectivity index (χ4v) is 3.20. The minimum Gasteiger partial charge on any atom is -0.489 e. The van der Waals surface area contributed by atoms with Crippen molar-refractivity contribution < 1.29 is 4.74 Å². The zero-order valence-corrected chi connectivity index (χ0v) is 13.3. The third-order valence-corrected chi connectivity index (χ3v) is 4.52. The third-order valence-electron chi connectivity index (χ3n) is 4.20. The number of anilines is 1. The van der Waals surface area contributed by atoms with Crippen molar-refractivity contribution in [3.63, 3.8) is 0 Å². The van der Waals surface area contributed by atoms with E-state index in [9.17, 15) is 0 Å². The van der Waals surface area contributed by atoms with Crippen molar-refractivity contribution in [2.24, 2.45) is 0 Å². The Kier molecular flexibility index (Phi) is 3.79. The monoisotopic (exact) mass is 328 g/mol. The van der Waals surface area contributed by atoms with Gasteiger partial charge in [-0.2, -0.15) is 0 Å². The standard InChI is InChI=1S/C17H17ClN4O/c18-14-3-1-2-4-15(14)23-12-6-9-22(10-7-12)17-13-5-8-19-16(13)20-11-21-17/h1-5,8,11-12H,6-7,9-10H2,(H,19,20,21). The van der Waals surface area contributed by atoms with Crippen LogP contribution in [-0.2, 0) is 0 Å². The number of halogens is 1. The van der Waals surface area contributed by atoms with E-state index in [-0.39, 0.29) is 6.10 Å². The summed E-state index contributed by atoms with van der Waals surface area (Å²) in [5.74, 6) is 1.76. The molecule has 0 amide bonds. The minimum absolute atomic E-state index is 0.190. The van der Waals surface area contributed by atoms with Gasteiger partial charge in [0.25, 0.3) is 0 Å². The van der Waals surface area contributed by atoms with E-state index in [4.69, 9.17) is 16.3 Å². The summed E-state index contributed by atoms with van der Waals surface area (Å²) >= 11 is 6.17. The molecule has 1 fully saturated rings. The highest BCUT2D eigenvalue weighted by molar-refractivity contribution is 6.32. The Morgan fingerprint density at radius 2 is 1.96 bits per heavy atom. The van der Waals surface area contributed by atoms with Crippen molar-refractivity contribution in [1.82, 2.24) is 15.0 Å². The van der Waals surface area contributed by atoms with Gasteiger partial charge in [0.1, 0.15) is 29.6 Å². The first-order valence-corrected chi connectivity index (χ1v) is 8.13. The fraction of sp³-hybridized carbons (Fsp3) is 0.294. The predicted octanol–water partition coefficient (Wildman–Crippen LogP) is 3.66. The number of nitrogens with one attached hydrogen (secondary N) is 1. The number of H-pyrrole nitrogens is 1. The molecule has 0 radical (unpaired) electrons. The van der Waals surface area contributed by atoms with Crippen LogP contribution in [0.4, 0.5) is 5.82 Å². The van der Waals surface area contributed by atoms with Crippen molar-refractivity contribution in [3.05, 3.63) is 47.9 Å². The van der Waals surface area contributed by atoms with Crippen LogP contribution >= 0.6 is 11.6 Å². The van der Waals surface area contributed by atoms with Crippen molar-refractivity contribution in [3.8, 4) is 5.75 Å². The topological polar surface area (TPSA) is 54.0 Å². The number of piperidine rings is 1. The molecule has 5 nitrogen and oxygen atoms in total. The molecule has 0 spiro atoms. The highest BCUT2D eigenvalue weighted by Gasteiger charge is 2.23. The molecule has 1 N–H and O–H groups in total. The molecule has 1 aliphatic heterocycles. The third kappa shape index (κ3) is 2.84. The summed E-state index contributed by atoms with van der Waals surface area (Å²) in [6.07, 6.45) is 5.59. The molecule has 0 unspecified atom stereocenters. The number of fused-ring (bicyclic) bond motifs is 1. The maximum Gasteiger partial charge on any atom is 0.142 e. The van der Waals surface area contributed by atoms with Crippen molar-refractivity contribution in [1.29, 1.82) is 0 Å². The highest BCUT2D eigenvalue weighted by atomic mass is 35.5. The number of hydrogen-bond acceptors (Lipinski definition) is 4. The van der Waals surface area contributed by atoms with Gasteiger partial charge in [-0.25, -0.2) is 9.97 Å². The normalized spacial score (nSPS) is 16.0. The van der Waals surface area contributed by atoms with E-state index < -0.39 is 0 Å². The van der Waals surface area contributed by atoms with E-state index in [2.05, 4.69) is 19.9 Å². The van der Waals surface area contributed by atoms with Crippen LogP contribution in [0.15, 0.2) is 42.9 Å². The van der Waals surface area contributed by atoms with Crippen LogP contribution in [0.1, 0.15) is 12.8 Å². The molecule has 0 bridgehead atoms. The molecule has 0 saturated carbocycles. The number of para-hydroxylation sites is 1. The second kappa shape index (κ2) is 6.08. The molecule has 3 aromatic rings. The Bertz CT molecular complexity index is 811. The number of benzene rings is 1. The summed E-state index contributed by atoms with van der Waals surface area (Å²) < 4.78 is 6.05. The van der Waals surface area contributed by atoms with Crippen LogP contribution in [0.25, 0.3) is 11.0 Å². The van der Waals surface area contributed by atoms with E-state index in [1.807, 2.05) is 36.5 Å². The van der Waals surface area contributed by atoms with Crippen LogP contribution < -0.4 is 9.64 Å². The van der Waals surface area contributed by atoms with E-state index in [1.54, 1.807) is 6.33 Å². The van der Waals surface area contributed by atoms with Gasteiger partial charge in [-0.3, -0.25) is 0 Å². The molecule has 1 saturated heterocycles. The average Bonchev–Trinajstić information content (AvgIpc) is 3.06. The van der Waals surface area contributed by atoms with Gasteiger partial charge in [0, 0.05) is 32.1 Å². The smallest absolute Gasteiger partial charge is 0.142 e. The molecular formula is C17H17ClN4O. The second-order valence-corrected chi connectivity index (χ2v) is 6.08. The van der Waals surface area contributed by atoms with Gasteiger partial charge in [0.15, 0.2) is 0 Å². The van der Waals surface area contributed by atoms with E-state index in [0.29, 0.717) is 5.02 Å². The molecule has 118 valence electrons. The second-order valence-electron chi connectivity index (χ2n) is 5.67. The van der Waals surface area contributed by atoms with Crippen LogP contribution in [-0.4, -0.2) is 34.1 Å². The summed E-state index contributed by atoms with van der Waals surface area (Å²) in [6, 6.07) is 9.66. The van der Waals surface area contributed by atoms with Gasteiger partial charge in [0.05, 0.1) is 10.4 Å². The van der Waals surface area contributed by atoms with E-state index >= 15 is 0 Å². The van der Waals surface area contributed by atoms with Gasteiger partial charge < -0.3 is 14.6 Å². The Hall–Kier alpha value is -2.27. The molecule has 3 heterocycles. The summed E-state index contributed by atoms with van der Waals surface area (Å²) in [7, 11) is 0. The lowest BCUT2D eigenvalue weighted by Gasteiger charge is -2.33. The lowest BCUT2D eigenvalue weighted by atomic mass is 10.1. The SMILES string of the molecule is Clc1ccccc1OC1CCN(c2ncnc3[nH]ccc23)CC1. The summed E-state index contributed by atoms with van der Waals surface area (Å²) in [6.45, 7) is 1.82. The Morgan fingerprint density at radius 3 is 2.78 bits per heavy atom. The number of nitrogens with zero attached hydrogens (tertiary/aromatic N) is 3. The van der Waals surface area contributed by atoms with E-state index in [0.717, 1.165) is 48.5 Å². The molecule has 23 heavy (non-hydrogen) atoms. The Morgan fingerprint density at radius 1 is 1.13 bits per heavy atom. The van der Waals surface area contributed by atoms with Crippen LogP contribution in [0.5, 0.6) is 5.75 Å². The van der Waals surface area contributed by atoms with Gasteiger partial charge >= 0.3 is 0 Å². The van der Waals surface area contributed by atoms with Crippen LogP contribution in [0.3, 0.4) is 0 Å². The Labute approximate surface area is 139 Å². The average molecular weight is 329 g/mol. The number of aromatic nitrogens is 3. The number of aromatic amines is 1. The summed E-state index contributed by atoms with van der Waals surface area (Å²) in [4.78, 5) is 14.1. The van der Waals surface area contributed by atoms with Crippen LogP contribution in [0.2, 0.25) is 5.02 Å². The lowest BCUT2D eigenvalue weighted by Crippen LogP contribution is -2.38. The van der Waals surface area contributed by atoms with Gasteiger partial charge in [-0.15, -0.1) is 0 Å². The van der Waals surface area contributed by atoms with Gasteiger partial charge in [0.2, 0.25) is 0 Å². The zero-order valence-electron chi connectivity index (χ0n) is 12.6. The van der Waals surface area contributed by atoms with Crippen LogP contribution in [0, 0.1) is 0 Å². The molecule has 1 aromatic carbocycles. The first-order chi connectivity index (χ1) is 11.3. The number of ether oxygens (including phenoxy) is 1. The summed E-state index contributed by atoms with van der Waals surface area (Å²) in [5.41, 5.74) is 0.879.